The molecular formula is C22H22F3N7O2S. The van der Waals surface area contributed by atoms with E-state index in [0.29, 0.717) is 29.9 Å². The molecule has 0 bridgehead atoms. The number of guanidine groups is 1. The predicted octanol–water partition coefficient (Wildman–Crippen LogP) is 2.86. The Morgan fingerprint density at radius 3 is 2.51 bits per heavy atom. The van der Waals surface area contributed by atoms with Crippen molar-refractivity contribution >= 4 is 27.5 Å². The standard InChI is InChI=1S/C22H22F3N7O2S/c23-22(24,25)14-5-7-16(8-6-14)35(33,34)31-10-9-15(11-13-3-1-2-4-18(13)31)32-19(26)17-12-28-30-20(17)29-21(32)27/h1-8,12,15,19H,9-11,26H2,(H3,27,28,29,30). The van der Waals surface area contributed by atoms with E-state index >= 15 is 0 Å². The molecule has 0 amide bonds. The fraction of sp³-hybridized carbons (Fsp3) is 0.273. The lowest BCUT2D eigenvalue weighted by Gasteiger charge is -2.38. The third-order valence-corrected chi connectivity index (χ3v) is 8.13. The molecule has 3 aromatic rings. The zero-order valence-corrected chi connectivity index (χ0v) is 19.1. The number of nitrogens with zero attached hydrogens (tertiary/aromatic N) is 4. The highest BCUT2D eigenvalue weighted by Crippen LogP contribution is 2.37. The molecule has 0 fully saturated rings. The van der Waals surface area contributed by atoms with Gasteiger partial charge in [0.1, 0.15) is 6.17 Å². The topological polar surface area (TPSA) is 134 Å². The molecule has 0 saturated heterocycles. The first kappa shape index (κ1) is 23.2. The first-order chi connectivity index (χ1) is 16.6. The van der Waals surface area contributed by atoms with Crippen LogP contribution in [0.5, 0.6) is 0 Å². The fourth-order valence-electron chi connectivity index (χ4n) is 4.57. The smallest absolute Gasteiger partial charge is 0.369 e. The number of aromatic amines is 1. The van der Waals surface area contributed by atoms with Crippen molar-refractivity contribution in [1.82, 2.24) is 15.1 Å². The summed E-state index contributed by atoms with van der Waals surface area (Å²) in [5.74, 6) is 0.669. The van der Waals surface area contributed by atoms with Crippen molar-refractivity contribution < 1.29 is 21.6 Å². The molecule has 9 nitrogen and oxygen atoms in total. The maximum atomic E-state index is 13.5. The SMILES string of the molecule is NC1=Nc2[nH]ncc2C(N)N1C1CCN(S(=O)(=O)c2ccc(C(F)(F)F)cc2)c2ccccc2C1. The van der Waals surface area contributed by atoms with Gasteiger partial charge in [-0.05, 0) is 48.7 Å². The van der Waals surface area contributed by atoms with E-state index in [1.54, 1.807) is 29.3 Å². The summed E-state index contributed by atoms with van der Waals surface area (Å²) in [6, 6.07) is 10.2. The molecule has 2 aliphatic heterocycles. The summed E-state index contributed by atoms with van der Waals surface area (Å²) >= 11 is 0. The molecule has 35 heavy (non-hydrogen) atoms. The lowest BCUT2D eigenvalue weighted by molar-refractivity contribution is -0.137. The minimum atomic E-state index is -4.56. The van der Waals surface area contributed by atoms with Crippen molar-refractivity contribution in [2.75, 3.05) is 10.8 Å². The predicted molar refractivity (Wildman–Crippen MR) is 123 cm³/mol. The van der Waals surface area contributed by atoms with E-state index in [1.165, 1.54) is 4.31 Å². The molecule has 0 radical (unpaired) electrons. The molecule has 13 heteroatoms. The molecule has 5 N–H and O–H groups in total. The van der Waals surface area contributed by atoms with E-state index in [0.717, 1.165) is 29.8 Å². The van der Waals surface area contributed by atoms with Crippen LogP contribution in [0.2, 0.25) is 0 Å². The van der Waals surface area contributed by atoms with Crippen molar-refractivity contribution in [3.05, 3.63) is 71.4 Å². The van der Waals surface area contributed by atoms with Gasteiger partial charge in [-0.1, -0.05) is 18.2 Å². The van der Waals surface area contributed by atoms with E-state index in [1.807, 2.05) is 6.07 Å². The molecule has 184 valence electrons. The highest BCUT2D eigenvalue weighted by atomic mass is 32.2. The van der Waals surface area contributed by atoms with Crippen molar-refractivity contribution in [3.8, 4) is 0 Å². The molecule has 2 atom stereocenters. The summed E-state index contributed by atoms with van der Waals surface area (Å²) in [6.45, 7) is 0.0692. The number of anilines is 1. The minimum absolute atomic E-state index is 0.0692. The number of hydrogen-bond donors (Lipinski definition) is 3. The van der Waals surface area contributed by atoms with Crippen LogP contribution in [0, 0.1) is 0 Å². The number of nitrogens with one attached hydrogen (secondary N) is 1. The van der Waals surface area contributed by atoms with Crippen molar-refractivity contribution in [2.45, 2.75) is 36.1 Å². The Kier molecular flexibility index (Phi) is 5.48. The normalized spacial score (nSPS) is 20.6. The summed E-state index contributed by atoms with van der Waals surface area (Å²) in [7, 11) is -4.14. The quantitative estimate of drug-likeness (QED) is 0.501. The maximum Gasteiger partial charge on any atom is 0.416 e. The molecule has 2 aliphatic rings. The van der Waals surface area contributed by atoms with Gasteiger partial charge in [-0.2, -0.15) is 23.3 Å². The van der Waals surface area contributed by atoms with Crippen molar-refractivity contribution in [1.29, 1.82) is 0 Å². The molecular weight excluding hydrogens is 483 g/mol. The van der Waals surface area contributed by atoms with Gasteiger partial charge >= 0.3 is 6.18 Å². The van der Waals surface area contributed by atoms with Crippen LogP contribution in [0.25, 0.3) is 0 Å². The second-order valence-electron chi connectivity index (χ2n) is 8.37. The molecule has 5 rings (SSSR count). The first-order valence-corrected chi connectivity index (χ1v) is 12.2. The number of rotatable bonds is 3. The lowest BCUT2D eigenvalue weighted by Crippen LogP contribution is -2.52. The molecule has 0 saturated carbocycles. The van der Waals surface area contributed by atoms with Gasteiger partial charge in [0.15, 0.2) is 11.8 Å². The second kappa shape index (κ2) is 8.27. The average molecular weight is 506 g/mol. The number of aliphatic imine (C=N–C) groups is 1. The van der Waals surface area contributed by atoms with Gasteiger partial charge in [-0.3, -0.25) is 9.40 Å². The number of sulfonamides is 1. The van der Waals surface area contributed by atoms with E-state index in [4.69, 9.17) is 11.5 Å². The zero-order valence-electron chi connectivity index (χ0n) is 18.3. The van der Waals surface area contributed by atoms with E-state index in [2.05, 4.69) is 15.2 Å². The molecule has 2 aromatic carbocycles. The average Bonchev–Trinajstić information content (AvgIpc) is 3.19. The second-order valence-corrected chi connectivity index (χ2v) is 10.2. The largest absolute Gasteiger partial charge is 0.416 e. The van der Waals surface area contributed by atoms with E-state index in [-0.39, 0.29) is 23.4 Å². The number of para-hydroxylation sites is 1. The van der Waals surface area contributed by atoms with Crippen LogP contribution in [0.4, 0.5) is 24.7 Å². The van der Waals surface area contributed by atoms with Gasteiger partial charge in [0.05, 0.1) is 27.9 Å². The molecule has 0 aliphatic carbocycles. The monoisotopic (exact) mass is 505 g/mol. The molecule has 0 spiro atoms. The summed E-state index contributed by atoms with van der Waals surface area (Å²) in [5, 5.41) is 6.72. The number of halogens is 3. The highest BCUT2D eigenvalue weighted by molar-refractivity contribution is 7.92. The Morgan fingerprint density at radius 1 is 1.09 bits per heavy atom. The number of aromatic nitrogens is 2. The van der Waals surface area contributed by atoms with Crippen LogP contribution in [-0.2, 0) is 22.6 Å². The number of hydrogen-bond acceptors (Lipinski definition) is 7. The number of nitrogens with two attached hydrogens (primary N) is 2. The van der Waals surface area contributed by atoms with Crippen LogP contribution in [-0.4, -0.2) is 42.1 Å². The maximum absolute atomic E-state index is 13.5. The minimum Gasteiger partial charge on any atom is -0.369 e. The highest BCUT2D eigenvalue weighted by Gasteiger charge is 2.38. The van der Waals surface area contributed by atoms with E-state index < -0.39 is 27.9 Å². The Bertz CT molecular complexity index is 1390. The van der Waals surface area contributed by atoms with Gasteiger partial charge in [-0.15, -0.1) is 0 Å². The number of benzene rings is 2. The Morgan fingerprint density at radius 2 is 1.80 bits per heavy atom. The van der Waals surface area contributed by atoms with Crippen LogP contribution >= 0.6 is 0 Å². The van der Waals surface area contributed by atoms with Gasteiger partial charge in [0.25, 0.3) is 10.0 Å². The first-order valence-electron chi connectivity index (χ1n) is 10.8. The van der Waals surface area contributed by atoms with Crippen molar-refractivity contribution in [3.63, 3.8) is 0 Å². The molecule has 1 aromatic heterocycles. The summed E-state index contributed by atoms with van der Waals surface area (Å²) in [6.07, 6.45) is -2.82. The molecule has 3 heterocycles. The van der Waals surface area contributed by atoms with Crippen LogP contribution in [0.1, 0.15) is 29.3 Å². The summed E-state index contributed by atoms with van der Waals surface area (Å²) in [4.78, 5) is 5.87. The fourth-order valence-corrected chi connectivity index (χ4v) is 6.09. The van der Waals surface area contributed by atoms with Gasteiger partial charge in [-0.25, -0.2) is 8.42 Å². The lowest BCUT2D eigenvalue weighted by atomic mass is 10.0. The zero-order chi connectivity index (χ0) is 25.0. The van der Waals surface area contributed by atoms with Crippen LogP contribution in [0.3, 0.4) is 0 Å². The van der Waals surface area contributed by atoms with Crippen LogP contribution < -0.4 is 15.8 Å². The van der Waals surface area contributed by atoms with Gasteiger partial charge in [0, 0.05) is 12.6 Å². The molecule has 2 unspecified atom stereocenters. The Labute approximate surface area is 199 Å². The van der Waals surface area contributed by atoms with Crippen LogP contribution in [0.15, 0.2) is 64.6 Å². The Balaban J connectivity index is 1.49. The van der Waals surface area contributed by atoms with Crippen molar-refractivity contribution in [2.24, 2.45) is 16.5 Å². The number of fused-ring (bicyclic) bond motifs is 2. The third kappa shape index (κ3) is 4.00. The number of H-pyrrole nitrogens is 1. The summed E-state index contributed by atoms with van der Waals surface area (Å²) < 4.78 is 67.3. The van der Waals surface area contributed by atoms with Gasteiger partial charge < -0.3 is 16.4 Å². The third-order valence-electron chi connectivity index (χ3n) is 6.30. The van der Waals surface area contributed by atoms with E-state index in [9.17, 15) is 21.6 Å². The number of alkyl halides is 3. The Hall–Kier alpha value is -3.58. The summed E-state index contributed by atoms with van der Waals surface area (Å²) in [5.41, 5.74) is 13.7. The van der Waals surface area contributed by atoms with Gasteiger partial charge in [0.2, 0.25) is 0 Å².